The number of phenols is 2. The van der Waals surface area contributed by atoms with Crippen LogP contribution in [0.25, 0.3) is 44.5 Å². The second-order valence-electron chi connectivity index (χ2n) is 17.7. The number of rotatable bonds is 10. The average Bonchev–Trinajstić information content (AvgIpc) is 3.11. The van der Waals surface area contributed by atoms with E-state index in [0.717, 1.165) is 77.9 Å². The number of hydrogen-bond donors (Lipinski definition) is 2. The van der Waals surface area contributed by atoms with Gasteiger partial charge in [0.1, 0.15) is 23.0 Å². The van der Waals surface area contributed by atoms with Crippen LogP contribution in [0.5, 0.6) is 23.0 Å². The maximum atomic E-state index is 12.0. The molecule has 0 unspecified atom stereocenters. The average molecular weight is 747 g/mol. The molecule has 56 heavy (non-hydrogen) atoms. The molecule has 2 N–H and O–H groups in total. The summed E-state index contributed by atoms with van der Waals surface area (Å²) < 4.78 is 13.2. The summed E-state index contributed by atoms with van der Waals surface area (Å²) in [4.78, 5) is 0. The Bertz CT molecular complexity index is 2380. The summed E-state index contributed by atoms with van der Waals surface area (Å²) in [5.41, 5.74) is 15.6. The molecule has 0 saturated carbocycles. The lowest BCUT2D eigenvalue weighted by molar-refractivity contribution is 0.111. The number of benzene rings is 6. The molecule has 0 aliphatic carbocycles. The largest absolute Gasteiger partial charge is 0.507 e. The van der Waals surface area contributed by atoms with Gasteiger partial charge >= 0.3 is 0 Å². The number of para-hydroxylation sites is 2. The minimum Gasteiger partial charge on any atom is -0.507 e. The van der Waals surface area contributed by atoms with Crippen LogP contribution in [0.15, 0.2) is 97.1 Å². The first-order chi connectivity index (χ1) is 26.3. The van der Waals surface area contributed by atoms with Crippen LogP contribution in [0, 0.1) is 53.9 Å². The van der Waals surface area contributed by atoms with Gasteiger partial charge in [-0.05, 0) is 135 Å². The van der Waals surface area contributed by atoms with E-state index in [-0.39, 0.29) is 16.9 Å². The van der Waals surface area contributed by atoms with Gasteiger partial charge in [-0.15, -0.1) is 0 Å². The zero-order chi connectivity index (χ0) is 40.7. The van der Waals surface area contributed by atoms with E-state index in [0.29, 0.717) is 24.7 Å². The van der Waals surface area contributed by atoms with Gasteiger partial charge in [-0.3, -0.25) is 0 Å². The molecular formula is C52H58O4. The van der Waals surface area contributed by atoms with Crippen molar-refractivity contribution in [2.24, 2.45) is 5.41 Å². The monoisotopic (exact) mass is 746 g/mol. The lowest BCUT2D eigenvalue weighted by atomic mass is 9.81. The van der Waals surface area contributed by atoms with E-state index in [2.05, 4.69) is 126 Å². The van der Waals surface area contributed by atoms with E-state index < -0.39 is 5.41 Å². The molecule has 290 valence electrons. The molecule has 6 rings (SSSR count). The van der Waals surface area contributed by atoms with Crippen molar-refractivity contribution in [1.29, 1.82) is 0 Å². The van der Waals surface area contributed by atoms with E-state index in [4.69, 9.17) is 9.47 Å². The zero-order valence-corrected chi connectivity index (χ0v) is 35.4. The Labute approximate surface area is 334 Å². The maximum Gasteiger partial charge on any atom is 0.131 e. The van der Waals surface area contributed by atoms with Crippen LogP contribution in [-0.2, 0) is 5.41 Å². The Balaban J connectivity index is 1.29. The summed E-state index contributed by atoms with van der Waals surface area (Å²) in [6.07, 6.45) is 0. The topological polar surface area (TPSA) is 58.9 Å². The maximum absolute atomic E-state index is 12.0. The van der Waals surface area contributed by atoms with Crippen molar-refractivity contribution in [2.75, 3.05) is 13.2 Å². The van der Waals surface area contributed by atoms with Crippen molar-refractivity contribution in [2.45, 2.75) is 88.5 Å². The number of ether oxygens (including phenoxy) is 2. The predicted molar refractivity (Wildman–Crippen MR) is 235 cm³/mol. The van der Waals surface area contributed by atoms with Crippen molar-refractivity contribution < 1.29 is 19.7 Å². The van der Waals surface area contributed by atoms with Gasteiger partial charge in [-0.25, -0.2) is 0 Å². The van der Waals surface area contributed by atoms with Gasteiger partial charge in [-0.1, -0.05) is 106 Å². The summed E-state index contributed by atoms with van der Waals surface area (Å²) in [5, 5.41) is 23.9. The van der Waals surface area contributed by atoms with Crippen LogP contribution in [0.1, 0.15) is 79.1 Å². The van der Waals surface area contributed by atoms with Crippen LogP contribution in [0.2, 0.25) is 0 Å². The molecule has 0 spiro atoms. The molecule has 0 fully saturated rings. The Morgan fingerprint density at radius 2 is 0.768 bits per heavy atom. The van der Waals surface area contributed by atoms with Crippen LogP contribution in [0.4, 0.5) is 0 Å². The Morgan fingerprint density at radius 3 is 1.20 bits per heavy atom. The van der Waals surface area contributed by atoms with E-state index in [1.165, 1.54) is 11.1 Å². The number of hydrogen-bond acceptors (Lipinski definition) is 4. The van der Waals surface area contributed by atoms with Gasteiger partial charge < -0.3 is 19.7 Å². The van der Waals surface area contributed by atoms with Crippen molar-refractivity contribution in [3.8, 4) is 67.5 Å². The van der Waals surface area contributed by atoms with Crippen LogP contribution < -0.4 is 9.47 Å². The summed E-state index contributed by atoms with van der Waals surface area (Å²) in [7, 11) is 0. The molecule has 0 radical (unpaired) electrons. The highest BCUT2D eigenvalue weighted by atomic mass is 16.5. The zero-order valence-electron chi connectivity index (χ0n) is 35.4. The Morgan fingerprint density at radius 1 is 0.429 bits per heavy atom. The summed E-state index contributed by atoms with van der Waals surface area (Å²) in [6, 6.07) is 32.9. The summed E-state index contributed by atoms with van der Waals surface area (Å²) >= 11 is 0. The van der Waals surface area contributed by atoms with Crippen molar-refractivity contribution in [3.63, 3.8) is 0 Å². The second-order valence-corrected chi connectivity index (χ2v) is 17.7. The van der Waals surface area contributed by atoms with Gasteiger partial charge in [0.2, 0.25) is 0 Å². The number of aryl methyl sites for hydroxylation is 7. The van der Waals surface area contributed by atoms with Gasteiger partial charge in [-0.2, -0.15) is 0 Å². The molecular weight excluding hydrogens is 689 g/mol. The second kappa shape index (κ2) is 15.6. The van der Waals surface area contributed by atoms with Gasteiger partial charge in [0.25, 0.3) is 0 Å². The van der Waals surface area contributed by atoms with Crippen LogP contribution in [-0.4, -0.2) is 23.4 Å². The molecule has 4 heteroatoms. The molecule has 0 aliphatic heterocycles. The highest BCUT2D eigenvalue weighted by molar-refractivity contribution is 5.88. The van der Waals surface area contributed by atoms with Crippen LogP contribution >= 0.6 is 0 Å². The number of aromatic hydroxyl groups is 2. The van der Waals surface area contributed by atoms with Crippen molar-refractivity contribution >= 4 is 0 Å². The fourth-order valence-corrected chi connectivity index (χ4v) is 8.07. The van der Waals surface area contributed by atoms with Crippen LogP contribution in [0.3, 0.4) is 0 Å². The molecule has 6 aromatic carbocycles. The molecule has 0 amide bonds. The SMILES string of the molecule is Cc1cc(C)c(-c2cc(C)cc(-c3ccccc3OCC(C)(C)COc3ccccc3-c3cc(C(C)(C)C)cc(-c4c(C)cc(C)cc4C)c3O)c2O)c(C)c1. The standard InChI is InChI=1S/C52H58O4/c1-31-21-34(4)47(35(5)22-31)43-26-33(3)25-41(49(43)53)39-17-13-15-19-45(39)55-29-52(11,12)30-56-46-20-16-14-18-40(46)42-27-38(51(8,9)10)28-44(50(42)54)48-36(6)23-32(2)24-37(48)7/h13-28,53-54H,29-30H2,1-12H3. The Hall–Kier alpha value is -5.48. The van der Waals surface area contributed by atoms with E-state index in [1.54, 1.807) is 0 Å². The highest BCUT2D eigenvalue weighted by Gasteiger charge is 2.26. The first kappa shape index (κ1) is 40.2. The van der Waals surface area contributed by atoms with E-state index in [9.17, 15) is 10.2 Å². The van der Waals surface area contributed by atoms with Gasteiger partial charge in [0, 0.05) is 38.8 Å². The Kier molecular flexibility index (Phi) is 11.2. The quantitative estimate of drug-likeness (QED) is 0.147. The first-order valence-corrected chi connectivity index (χ1v) is 19.7. The lowest BCUT2D eigenvalue weighted by Gasteiger charge is -2.27. The molecule has 0 atom stereocenters. The third kappa shape index (κ3) is 8.35. The first-order valence-electron chi connectivity index (χ1n) is 19.7. The third-order valence-electron chi connectivity index (χ3n) is 10.7. The summed E-state index contributed by atoms with van der Waals surface area (Å²) in [6.45, 7) is 26.3. The molecule has 0 bridgehead atoms. The minimum absolute atomic E-state index is 0.148. The molecule has 4 nitrogen and oxygen atoms in total. The molecule has 0 heterocycles. The molecule has 6 aromatic rings. The molecule has 0 aliphatic rings. The predicted octanol–water partition coefficient (Wildman–Crippen LogP) is 13.7. The summed E-state index contributed by atoms with van der Waals surface area (Å²) in [5.74, 6) is 1.89. The lowest BCUT2D eigenvalue weighted by Crippen LogP contribution is -2.29. The fourth-order valence-electron chi connectivity index (χ4n) is 8.07. The molecule has 0 aromatic heterocycles. The normalized spacial score (nSPS) is 11.9. The smallest absolute Gasteiger partial charge is 0.131 e. The van der Waals surface area contributed by atoms with Gasteiger partial charge in [0.15, 0.2) is 0 Å². The third-order valence-corrected chi connectivity index (χ3v) is 10.7. The molecule has 0 saturated heterocycles. The fraction of sp³-hybridized carbons (Fsp3) is 0.308. The van der Waals surface area contributed by atoms with E-state index in [1.807, 2.05) is 54.6 Å². The highest BCUT2D eigenvalue weighted by Crippen LogP contribution is 2.47. The van der Waals surface area contributed by atoms with Crippen molar-refractivity contribution in [1.82, 2.24) is 0 Å². The number of phenolic OH excluding ortho intramolecular Hbond substituents is 2. The van der Waals surface area contributed by atoms with Gasteiger partial charge in [0.05, 0.1) is 13.2 Å². The van der Waals surface area contributed by atoms with E-state index >= 15 is 0 Å². The van der Waals surface area contributed by atoms with Crippen molar-refractivity contribution in [3.05, 3.63) is 142 Å². The minimum atomic E-state index is -0.396.